The maximum absolute atomic E-state index is 12.2. The molecule has 21 heavy (non-hydrogen) atoms. The van der Waals surface area contributed by atoms with E-state index in [0.717, 1.165) is 16.9 Å². The molecule has 1 heterocycles. The molecule has 1 aromatic heterocycles. The molecule has 0 atom stereocenters. The molecule has 5 heteroatoms. The number of aromatic nitrogens is 1. The van der Waals surface area contributed by atoms with E-state index in [9.17, 15) is 4.79 Å². The van der Waals surface area contributed by atoms with Crippen molar-refractivity contribution < 1.29 is 9.47 Å². The Morgan fingerprint density at radius 2 is 1.67 bits per heavy atom. The lowest BCUT2D eigenvalue weighted by Crippen LogP contribution is -1.98. The zero-order valence-corrected chi connectivity index (χ0v) is 12.4. The minimum atomic E-state index is -0.00242. The Bertz CT molecular complexity index is 835. The van der Waals surface area contributed by atoms with Crippen LogP contribution in [0.2, 0.25) is 0 Å². The molecule has 0 aliphatic rings. The molecule has 4 nitrogen and oxygen atoms in total. The van der Waals surface area contributed by atoms with E-state index in [1.165, 1.54) is 0 Å². The van der Waals surface area contributed by atoms with Gasteiger partial charge in [0, 0.05) is 11.6 Å². The molecule has 0 N–H and O–H groups in total. The fourth-order valence-corrected chi connectivity index (χ4v) is 2.91. The summed E-state index contributed by atoms with van der Waals surface area (Å²) in [6.07, 6.45) is 0. The summed E-state index contributed by atoms with van der Waals surface area (Å²) in [6.45, 7) is 0. The molecule has 0 unspecified atom stereocenters. The van der Waals surface area contributed by atoms with Crippen LogP contribution >= 0.6 is 11.3 Å². The SMILES string of the molecule is COc1cc(OC)cc(-c2nc3ccccc3c(=O)s2)c1. The first-order chi connectivity index (χ1) is 10.2. The van der Waals surface area contributed by atoms with Gasteiger partial charge in [-0.05, 0) is 24.3 Å². The Labute approximate surface area is 125 Å². The van der Waals surface area contributed by atoms with Crippen LogP contribution in [-0.4, -0.2) is 19.2 Å². The number of hydrogen-bond acceptors (Lipinski definition) is 5. The van der Waals surface area contributed by atoms with Gasteiger partial charge in [0.25, 0.3) is 0 Å². The van der Waals surface area contributed by atoms with Crippen LogP contribution in [0.4, 0.5) is 0 Å². The van der Waals surface area contributed by atoms with Crippen molar-refractivity contribution in [3.8, 4) is 22.1 Å². The quantitative estimate of drug-likeness (QED) is 0.744. The molecule has 0 saturated heterocycles. The first-order valence-corrected chi connectivity index (χ1v) is 7.16. The predicted octanol–water partition coefficient (Wildman–Crippen LogP) is 3.34. The van der Waals surface area contributed by atoms with Crippen molar-refractivity contribution in [2.45, 2.75) is 0 Å². The molecule has 106 valence electrons. The average molecular weight is 299 g/mol. The molecular weight excluding hydrogens is 286 g/mol. The molecule has 0 spiro atoms. The largest absolute Gasteiger partial charge is 0.497 e. The highest BCUT2D eigenvalue weighted by molar-refractivity contribution is 7.13. The summed E-state index contributed by atoms with van der Waals surface area (Å²) in [7, 11) is 3.18. The van der Waals surface area contributed by atoms with E-state index in [1.807, 2.05) is 30.3 Å². The zero-order chi connectivity index (χ0) is 14.8. The van der Waals surface area contributed by atoms with Crippen molar-refractivity contribution in [3.63, 3.8) is 0 Å². The first kappa shape index (κ1) is 13.6. The molecule has 0 aliphatic heterocycles. The van der Waals surface area contributed by atoms with Crippen LogP contribution in [0.25, 0.3) is 21.5 Å². The van der Waals surface area contributed by atoms with Gasteiger partial charge < -0.3 is 9.47 Å². The molecule has 0 fully saturated rings. The number of benzene rings is 2. The third kappa shape index (κ3) is 2.60. The van der Waals surface area contributed by atoms with E-state index < -0.39 is 0 Å². The lowest BCUT2D eigenvalue weighted by molar-refractivity contribution is 0.394. The summed E-state index contributed by atoms with van der Waals surface area (Å²) in [5.74, 6) is 1.33. The van der Waals surface area contributed by atoms with Crippen LogP contribution in [0.5, 0.6) is 11.5 Å². The zero-order valence-electron chi connectivity index (χ0n) is 11.6. The number of rotatable bonds is 3. The third-order valence-electron chi connectivity index (χ3n) is 3.13. The summed E-state index contributed by atoms with van der Waals surface area (Å²) in [4.78, 5) is 16.8. The van der Waals surface area contributed by atoms with Crippen LogP contribution in [0.1, 0.15) is 0 Å². The van der Waals surface area contributed by atoms with Gasteiger partial charge >= 0.3 is 0 Å². The summed E-state index contributed by atoms with van der Waals surface area (Å²) >= 11 is 1.12. The topological polar surface area (TPSA) is 48.4 Å². The minimum absolute atomic E-state index is 0.00242. The van der Waals surface area contributed by atoms with Gasteiger partial charge in [0.05, 0.1) is 25.1 Å². The van der Waals surface area contributed by atoms with E-state index in [2.05, 4.69) is 4.98 Å². The maximum atomic E-state index is 12.2. The van der Waals surface area contributed by atoms with Crippen molar-refractivity contribution in [1.29, 1.82) is 0 Å². The fraction of sp³-hybridized carbons (Fsp3) is 0.125. The summed E-state index contributed by atoms with van der Waals surface area (Å²) in [5.41, 5.74) is 1.50. The first-order valence-electron chi connectivity index (χ1n) is 6.34. The van der Waals surface area contributed by atoms with Gasteiger partial charge in [-0.1, -0.05) is 23.5 Å². The summed E-state index contributed by atoms with van der Waals surface area (Å²) in [5, 5.41) is 1.29. The predicted molar refractivity (Wildman–Crippen MR) is 84.4 cm³/mol. The standard InChI is InChI=1S/C16H13NO3S/c1-19-11-7-10(8-12(9-11)20-2)15-17-14-6-4-3-5-13(14)16(18)21-15/h3-9H,1-2H3. The van der Waals surface area contributed by atoms with Crippen molar-refractivity contribution in [2.75, 3.05) is 14.2 Å². The van der Waals surface area contributed by atoms with E-state index in [0.29, 0.717) is 27.4 Å². The Hall–Kier alpha value is -2.40. The molecule has 2 aromatic carbocycles. The second-order valence-corrected chi connectivity index (χ2v) is 5.39. The van der Waals surface area contributed by atoms with E-state index in [4.69, 9.17) is 9.47 Å². The number of para-hydroxylation sites is 1. The molecule has 3 rings (SSSR count). The number of ether oxygens (including phenoxy) is 2. The maximum Gasteiger partial charge on any atom is 0.243 e. The lowest BCUT2D eigenvalue weighted by Gasteiger charge is -2.08. The highest BCUT2D eigenvalue weighted by atomic mass is 32.1. The number of methoxy groups -OCH3 is 2. The van der Waals surface area contributed by atoms with Crippen molar-refractivity contribution in [1.82, 2.24) is 4.98 Å². The van der Waals surface area contributed by atoms with Gasteiger partial charge in [-0.3, -0.25) is 4.79 Å². The van der Waals surface area contributed by atoms with Crippen molar-refractivity contribution >= 4 is 22.2 Å². The molecule has 0 radical (unpaired) electrons. The van der Waals surface area contributed by atoms with Gasteiger partial charge in [0.15, 0.2) is 0 Å². The minimum Gasteiger partial charge on any atom is -0.497 e. The fourth-order valence-electron chi connectivity index (χ4n) is 2.07. The smallest absolute Gasteiger partial charge is 0.243 e. The molecular formula is C16H13NO3S. The average Bonchev–Trinajstić information content (AvgIpc) is 2.54. The van der Waals surface area contributed by atoms with Gasteiger partial charge in [0.1, 0.15) is 16.5 Å². The number of nitrogens with zero attached hydrogens (tertiary/aromatic N) is 1. The molecule has 0 saturated carbocycles. The summed E-state index contributed by atoms with van der Waals surface area (Å²) < 4.78 is 10.5. The molecule has 0 amide bonds. The monoisotopic (exact) mass is 299 g/mol. The Kier molecular flexibility index (Phi) is 3.58. The van der Waals surface area contributed by atoms with E-state index in [1.54, 1.807) is 26.4 Å². The van der Waals surface area contributed by atoms with Crippen LogP contribution in [-0.2, 0) is 0 Å². The van der Waals surface area contributed by atoms with Crippen molar-refractivity contribution in [2.24, 2.45) is 0 Å². The highest BCUT2D eigenvalue weighted by Crippen LogP contribution is 2.30. The van der Waals surface area contributed by atoms with Crippen molar-refractivity contribution in [3.05, 3.63) is 52.0 Å². The van der Waals surface area contributed by atoms with Crippen LogP contribution in [0, 0.1) is 0 Å². The van der Waals surface area contributed by atoms with Gasteiger partial charge in [0.2, 0.25) is 4.74 Å². The van der Waals surface area contributed by atoms with Crippen LogP contribution in [0.3, 0.4) is 0 Å². The lowest BCUT2D eigenvalue weighted by atomic mass is 10.2. The Balaban J connectivity index is 2.22. The molecule has 0 bridgehead atoms. The van der Waals surface area contributed by atoms with Gasteiger partial charge in [-0.15, -0.1) is 0 Å². The molecule has 0 aliphatic carbocycles. The van der Waals surface area contributed by atoms with E-state index in [-0.39, 0.29) is 4.74 Å². The third-order valence-corrected chi connectivity index (χ3v) is 4.06. The summed E-state index contributed by atoms with van der Waals surface area (Å²) in [6, 6.07) is 12.8. The second-order valence-electron chi connectivity index (χ2n) is 4.42. The Morgan fingerprint density at radius 3 is 2.33 bits per heavy atom. The Morgan fingerprint density at radius 1 is 1.00 bits per heavy atom. The highest BCUT2D eigenvalue weighted by Gasteiger charge is 2.09. The van der Waals surface area contributed by atoms with Gasteiger partial charge in [-0.25, -0.2) is 4.98 Å². The van der Waals surface area contributed by atoms with Gasteiger partial charge in [-0.2, -0.15) is 0 Å². The van der Waals surface area contributed by atoms with Crippen LogP contribution < -0.4 is 14.2 Å². The molecule has 3 aromatic rings. The second kappa shape index (κ2) is 5.54. The number of fused-ring (bicyclic) bond motifs is 1. The van der Waals surface area contributed by atoms with E-state index >= 15 is 0 Å². The number of hydrogen-bond donors (Lipinski definition) is 0. The normalized spacial score (nSPS) is 10.6. The van der Waals surface area contributed by atoms with Crippen LogP contribution in [0.15, 0.2) is 47.3 Å².